The van der Waals surface area contributed by atoms with Crippen molar-refractivity contribution in [2.75, 3.05) is 5.73 Å². The molecule has 1 amide bonds. The maximum absolute atomic E-state index is 12.1. The van der Waals surface area contributed by atoms with Crippen LogP contribution in [0.4, 0.5) is 5.82 Å². The number of hydrogen-bond acceptors (Lipinski definition) is 5. The van der Waals surface area contributed by atoms with Gasteiger partial charge in [-0.15, -0.1) is 0 Å². The molecular formula is C13H18N6O. The van der Waals surface area contributed by atoms with Crippen LogP contribution in [0.3, 0.4) is 0 Å². The average Bonchev–Trinajstić information content (AvgIpc) is 2.88. The van der Waals surface area contributed by atoms with Crippen molar-refractivity contribution in [3.05, 3.63) is 36.0 Å². The third-order valence-electron chi connectivity index (χ3n) is 2.86. The molecule has 0 saturated heterocycles. The second kappa shape index (κ2) is 6.14. The summed E-state index contributed by atoms with van der Waals surface area (Å²) in [4.78, 5) is 20.2. The van der Waals surface area contributed by atoms with Gasteiger partial charge in [0.05, 0.1) is 11.6 Å². The predicted octanol–water partition coefficient (Wildman–Crippen LogP) is 1.16. The predicted molar refractivity (Wildman–Crippen MR) is 74.8 cm³/mol. The third-order valence-corrected chi connectivity index (χ3v) is 2.86. The molecule has 7 heteroatoms. The van der Waals surface area contributed by atoms with Gasteiger partial charge in [0.2, 0.25) is 0 Å². The molecule has 0 bridgehead atoms. The van der Waals surface area contributed by atoms with Gasteiger partial charge in [0, 0.05) is 12.7 Å². The van der Waals surface area contributed by atoms with Gasteiger partial charge >= 0.3 is 0 Å². The number of amides is 1. The number of hydrogen-bond donors (Lipinski definition) is 2. The lowest BCUT2D eigenvalue weighted by Crippen LogP contribution is -2.29. The number of rotatable bonds is 5. The first kappa shape index (κ1) is 14.0. The van der Waals surface area contributed by atoms with Gasteiger partial charge in [-0.1, -0.05) is 6.92 Å². The average molecular weight is 274 g/mol. The summed E-state index contributed by atoms with van der Waals surface area (Å²) in [5, 5.41) is 7.02. The number of nitrogens with zero attached hydrogens (tertiary/aromatic N) is 4. The standard InChI is InChI=1S/C13H18N6O/c1-3-6-19-12(16-8-17-19)9(2)18-13(20)10-4-5-11(14)15-7-10/h4-5,7-9H,3,6H2,1-2H3,(H2,14,15)(H,18,20)/t9-/m1/s1. The number of nitrogens with two attached hydrogens (primary N) is 1. The second-order valence-corrected chi connectivity index (χ2v) is 4.51. The van der Waals surface area contributed by atoms with E-state index in [1.165, 1.54) is 12.5 Å². The summed E-state index contributed by atoms with van der Waals surface area (Å²) >= 11 is 0. The SMILES string of the molecule is CCCn1ncnc1[C@@H](C)NC(=O)c1ccc(N)nc1. The van der Waals surface area contributed by atoms with Crippen LogP contribution in [0.1, 0.15) is 42.5 Å². The maximum atomic E-state index is 12.1. The van der Waals surface area contributed by atoms with Crippen LogP contribution in [0.25, 0.3) is 0 Å². The summed E-state index contributed by atoms with van der Waals surface area (Å²) in [7, 11) is 0. The fourth-order valence-electron chi connectivity index (χ4n) is 1.88. The Bertz CT molecular complexity index is 577. The number of nitrogen functional groups attached to an aromatic ring is 1. The molecule has 2 aromatic rings. The van der Waals surface area contributed by atoms with E-state index >= 15 is 0 Å². The van der Waals surface area contributed by atoms with Gasteiger partial charge in [0.15, 0.2) is 0 Å². The van der Waals surface area contributed by atoms with Crippen molar-refractivity contribution < 1.29 is 4.79 Å². The topological polar surface area (TPSA) is 98.7 Å². The van der Waals surface area contributed by atoms with Crippen molar-refractivity contribution in [3.8, 4) is 0 Å². The molecule has 7 nitrogen and oxygen atoms in total. The summed E-state index contributed by atoms with van der Waals surface area (Å²) in [5.41, 5.74) is 5.96. The van der Waals surface area contributed by atoms with Crippen molar-refractivity contribution in [2.45, 2.75) is 32.9 Å². The number of nitrogens with one attached hydrogen (secondary N) is 1. The Kier molecular flexibility index (Phi) is 4.29. The fourth-order valence-corrected chi connectivity index (χ4v) is 1.88. The number of carbonyl (C=O) groups excluding carboxylic acids is 1. The van der Waals surface area contributed by atoms with Crippen molar-refractivity contribution in [1.29, 1.82) is 0 Å². The van der Waals surface area contributed by atoms with Gasteiger partial charge in [-0.2, -0.15) is 5.10 Å². The van der Waals surface area contributed by atoms with Crippen molar-refractivity contribution >= 4 is 11.7 Å². The molecule has 0 unspecified atom stereocenters. The molecule has 106 valence electrons. The van der Waals surface area contributed by atoms with Crippen LogP contribution >= 0.6 is 0 Å². The normalized spacial score (nSPS) is 12.1. The maximum Gasteiger partial charge on any atom is 0.253 e. The Labute approximate surface area is 117 Å². The first-order valence-electron chi connectivity index (χ1n) is 6.52. The third kappa shape index (κ3) is 3.11. The van der Waals surface area contributed by atoms with E-state index in [2.05, 4.69) is 27.3 Å². The number of carbonyl (C=O) groups is 1. The van der Waals surface area contributed by atoms with Gasteiger partial charge < -0.3 is 11.1 Å². The molecule has 0 aliphatic heterocycles. The first-order valence-corrected chi connectivity index (χ1v) is 6.52. The smallest absolute Gasteiger partial charge is 0.253 e. The van der Waals surface area contributed by atoms with Crippen molar-refractivity contribution in [3.63, 3.8) is 0 Å². The van der Waals surface area contributed by atoms with Crippen molar-refractivity contribution in [2.24, 2.45) is 0 Å². The molecule has 0 aromatic carbocycles. The van der Waals surface area contributed by atoms with E-state index in [1.807, 2.05) is 6.92 Å². The second-order valence-electron chi connectivity index (χ2n) is 4.51. The van der Waals surface area contributed by atoms with E-state index in [9.17, 15) is 4.79 Å². The van der Waals surface area contributed by atoms with Crippen LogP contribution in [0.2, 0.25) is 0 Å². The highest BCUT2D eigenvalue weighted by Gasteiger charge is 2.16. The van der Waals surface area contributed by atoms with E-state index in [1.54, 1.807) is 16.8 Å². The zero-order valence-electron chi connectivity index (χ0n) is 11.6. The lowest BCUT2D eigenvalue weighted by molar-refractivity contribution is 0.0937. The Morgan fingerprint density at radius 1 is 1.45 bits per heavy atom. The van der Waals surface area contributed by atoms with E-state index in [0.717, 1.165) is 18.8 Å². The van der Waals surface area contributed by atoms with Crippen LogP contribution in [0.5, 0.6) is 0 Å². The van der Waals surface area contributed by atoms with Crippen LogP contribution in [0, 0.1) is 0 Å². The molecular weight excluding hydrogens is 256 g/mol. The van der Waals surface area contributed by atoms with Gasteiger partial charge in [-0.25, -0.2) is 14.6 Å². The minimum absolute atomic E-state index is 0.212. The highest BCUT2D eigenvalue weighted by Crippen LogP contribution is 2.10. The molecule has 0 spiro atoms. The Morgan fingerprint density at radius 3 is 2.90 bits per heavy atom. The number of aromatic nitrogens is 4. The summed E-state index contributed by atoms with van der Waals surface area (Å²) in [6.07, 6.45) is 3.91. The van der Waals surface area contributed by atoms with E-state index in [-0.39, 0.29) is 11.9 Å². The summed E-state index contributed by atoms with van der Waals surface area (Å²) in [6, 6.07) is 3.01. The summed E-state index contributed by atoms with van der Waals surface area (Å²) < 4.78 is 1.80. The lowest BCUT2D eigenvalue weighted by Gasteiger charge is -2.14. The minimum Gasteiger partial charge on any atom is -0.384 e. The number of anilines is 1. The van der Waals surface area contributed by atoms with Crippen LogP contribution in [-0.4, -0.2) is 25.7 Å². The molecule has 0 fully saturated rings. The monoisotopic (exact) mass is 274 g/mol. The van der Waals surface area contributed by atoms with Crippen LogP contribution < -0.4 is 11.1 Å². The largest absolute Gasteiger partial charge is 0.384 e. The number of aryl methyl sites for hydroxylation is 1. The van der Waals surface area contributed by atoms with E-state index in [4.69, 9.17) is 5.73 Å². The van der Waals surface area contributed by atoms with Crippen LogP contribution in [-0.2, 0) is 6.54 Å². The number of pyridine rings is 1. The Morgan fingerprint density at radius 2 is 2.25 bits per heavy atom. The highest BCUT2D eigenvalue weighted by molar-refractivity contribution is 5.94. The molecule has 0 aliphatic carbocycles. The fraction of sp³-hybridized carbons (Fsp3) is 0.385. The summed E-state index contributed by atoms with van der Waals surface area (Å²) in [6.45, 7) is 4.71. The first-order chi connectivity index (χ1) is 9.61. The van der Waals surface area contributed by atoms with Gasteiger partial charge in [-0.05, 0) is 25.5 Å². The molecule has 3 N–H and O–H groups in total. The van der Waals surface area contributed by atoms with E-state index in [0.29, 0.717) is 11.4 Å². The minimum atomic E-state index is -0.228. The molecule has 20 heavy (non-hydrogen) atoms. The van der Waals surface area contributed by atoms with E-state index < -0.39 is 0 Å². The summed E-state index contributed by atoms with van der Waals surface area (Å²) in [5.74, 6) is 0.914. The molecule has 0 aliphatic rings. The van der Waals surface area contributed by atoms with Crippen LogP contribution in [0.15, 0.2) is 24.7 Å². The molecule has 2 aromatic heterocycles. The van der Waals surface area contributed by atoms with Gasteiger partial charge in [-0.3, -0.25) is 4.79 Å². The molecule has 2 heterocycles. The zero-order chi connectivity index (χ0) is 14.5. The highest BCUT2D eigenvalue weighted by atomic mass is 16.1. The Balaban J connectivity index is 2.07. The molecule has 0 radical (unpaired) electrons. The quantitative estimate of drug-likeness (QED) is 0.852. The van der Waals surface area contributed by atoms with Crippen molar-refractivity contribution in [1.82, 2.24) is 25.1 Å². The van der Waals surface area contributed by atoms with Gasteiger partial charge in [0.1, 0.15) is 18.0 Å². The molecule has 1 atom stereocenters. The molecule has 2 rings (SSSR count). The zero-order valence-corrected chi connectivity index (χ0v) is 11.6. The Hall–Kier alpha value is -2.44. The van der Waals surface area contributed by atoms with Gasteiger partial charge in [0.25, 0.3) is 5.91 Å². The molecule has 0 saturated carbocycles. The lowest BCUT2D eigenvalue weighted by atomic mass is 10.2.